The van der Waals surface area contributed by atoms with Crippen molar-refractivity contribution < 1.29 is 14.7 Å². The molecular weight excluding hydrogens is 425 g/mol. The third-order valence-electron chi connectivity index (χ3n) is 4.09. The number of amides is 1. The molecule has 0 bridgehead atoms. The van der Waals surface area contributed by atoms with Crippen LogP contribution in [0.15, 0.2) is 43.0 Å². The summed E-state index contributed by atoms with van der Waals surface area (Å²) in [7, 11) is 0. The molecule has 1 amide bonds. The van der Waals surface area contributed by atoms with Gasteiger partial charge in [-0.05, 0) is 23.8 Å². The monoisotopic (exact) mass is 439 g/mol. The van der Waals surface area contributed by atoms with Crippen molar-refractivity contribution in [3.05, 3.63) is 69.8 Å². The topological polar surface area (TPSA) is 108 Å². The van der Waals surface area contributed by atoms with E-state index in [0.29, 0.717) is 21.6 Å². The lowest BCUT2D eigenvalue weighted by Crippen LogP contribution is -2.16. The van der Waals surface area contributed by atoms with E-state index in [1.807, 2.05) is 0 Å². The number of hydrogen-bond donors (Lipinski definition) is 4. The number of nitrogens with two attached hydrogens (primary N) is 1. The quantitative estimate of drug-likeness (QED) is 0.431. The van der Waals surface area contributed by atoms with Crippen molar-refractivity contribution in [2.45, 2.75) is 6.54 Å². The number of aromatic nitrogens is 1. The van der Waals surface area contributed by atoms with Gasteiger partial charge in [-0.3, -0.25) is 4.79 Å². The number of rotatable bonds is 5. The van der Waals surface area contributed by atoms with Gasteiger partial charge in [-0.25, -0.2) is 4.79 Å². The summed E-state index contributed by atoms with van der Waals surface area (Å²) >= 11 is 12.2. The van der Waals surface area contributed by atoms with Crippen LogP contribution in [0.5, 0.6) is 0 Å². The van der Waals surface area contributed by atoms with E-state index in [9.17, 15) is 14.7 Å². The van der Waals surface area contributed by atoms with Crippen molar-refractivity contribution in [1.29, 1.82) is 0 Å². The number of carboxylic acids is 1. The van der Waals surface area contributed by atoms with Crippen LogP contribution >= 0.6 is 35.6 Å². The van der Waals surface area contributed by atoms with Gasteiger partial charge in [0.2, 0.25) is 0 Å². The molecule has 0 aliphatic heterocycles. The number of benzene rings is 2. The number of aromatic carboxylic acids is 1. The van der Waals surface area contributed by atoms with Crippen LogP contribution in [0.3, 0.4) is 0 Å². The number of aromatic amines is 1. The number of para-hydroxylation sites is 1. The first-order chi connectivity index (χ1) is 12.8. The zero-order chi connectivity index (χ0) is 19.7. The average Bonchev–Trinajstić information content (AvgIpc) is 3.01. The summed E-state index contributed by atoms with van der Waals surface area (Å²) in [4.78, 5) is 27.2. The molecule has 0 atom stereocenters. The van der Waals surface area contributed by atoms with Crippen LogP contribution in [0.2, 0.25) is 10.0 Å². The van der Waals surface area contributed by atoms with Crippen molar-refractivity contribution in [1.82, 2.24) is 4.98 Å². The van der Waals surface area contributed by atoms with E-state index < -0.39 is 11.9 Å². The first kappa shape index (κ1) is 21.8. The summed E-state index contributed by atoms with van der Waals surface area (Å²) in [6.07, 6.45) is 0. The predicted octanol–water partition coefficient (Wildman–Crippen LogP) is 4.71. The molecule has 1 heterocycles. The Morgan fingerprint density at radius 2 is 1.89 bits per heavy atom. The zero-order valence-corrected chi connectivity index (χ0v) is 16.7. The van der Waals surface area contributed by atoms with Crippen LogP contribution in [0.1, 0.15) is 21.6 Å². The largest absolute Gasteiger partial charge is 0.477 e. The van der Waals surface area contributed by atoms with Crippen LogP contribution in [-0.4, -0.2) is 22.0 Å². The third-order valence-corrected chi connectivity index (χ3v) is 4.61. The second-order valence-electron chi connectivity index (χ2n) is 5.78. The molecule has 5 N–H and O–H groups in total. The first-order valence-corrected chi connectivity index (χ1v) is 8.61. The van der Waals surface area contributed by atoms with Gasteiger partial charge < -0.3 is 21.1 Å². The summed E-state index contributed by atoms with van der Waals surface area (Å²) in [5.74, 6) is -1.81. The molecule has 0 aliphatic carbocycles. The fourth-order valence-corrected chi connectivity index (χ4v) is 3.43. The van der Waals surface area contributed by atoms with E-state index in [4.69, 9.17) is 28.9 Å². The maximum Gasteiger partial charge on any atom is 0.352 e. The van der Waals surface area contributed by atoms with Crippen LogP contribution in [-0.2, 0) is 11.3 Å². The molecule has 6 nitrogen and oxygen atoms in total. The van der Waals surface area contributed by atoms with Crippen molar-refractivity contribution >= 4 is 69.6 Å². The van der Waals surface area contributed by atoms with Gasteiger partial charge in [0, 0.05) is 39.3 Å². The minimum atomic E-state index is -1.25. The van der Waals surface area contributed by atoms with Gasteiger partial charge in [-0.15, -0.1) is 12.4 Å². The third kappa shape index (κ3) is 4.00. The highest BCUT2D eigenvalue weighted by Gasteiger charge is 2.25. The fraction of sp³-hybridized carbons (Fsp3) is 0.0526. The molecule has 0 radical (unpaired) electrons. The molecule has 0 saturated heterocycles. The van der Waals surface area contributed by atoms with Crippen LogP contribution < -0.4 is 11.1 Å². The molecule has 0 fully saturated rings. The SMILES string of the molecule is C=C(C(=O)Nc1ccccc1CN)c1c(C(=O)O)[nH]c2cc(Cl)cc(Cl)c12.Cl. The minimum absolute atomic E-state index is 0. The van der Waals surface area contributed by atoms with Crippen molar-refractivity contribution in [2.24, 2.45) is 5.73 Å². The second kappa shape index (κ2) is 8.67. The van der Waals surface area contributed by atoms with E-state index in [1.165, 1.54) is 12.1 Å². The van der Waals surface area contributed by atoms with Crippen LogP contribution in [0.4, 0.5) is 5.69 Å². The second-order valence-corrected chi connectivity index (χ2v) is 6.63. The molecule has 0 aliphatic rings. The van der Waals surface area contributed by atoms with Crippen LogP contribution in [0.25, 0.3) is 16.5 Å². The number of halogens is 3. The fourth-order valence-electron chi connectivity index (χ4n) is 2.84. The Labute approximate surface area is 176 Å². The van der Waals surface area contributed by atoms with E-state index in [-0.39, 0.29) is 40.8 Å². The molecule has 2 aromatic carbocycles. The number of hydrogen-bond acceptors (Lipinski definition) is 3. The molecular formula is C19H16Cl3N3O3. The number of H-pyrrole nitrogens is 1. The van der Waals surface area contributed by atoms with Gasteiger partial charge in [-0.1, -0.05) is 48.0 Å². The zero-order valence-electron chi connectivity index (χ0n) is 14.4. The summed E-state index contributed by atoms with van der Waals surface area (Å²) in [5, 5.41) is 13.2. The van der Waals surface area contributed by atoms with Gasteiger partial charge in [0.05, 0.1) is 5.02 Å². The van der Waals surface area contributed by atoms with Gasteiger partial charge in [0.15, 0.2) is 0 Å². The highest BCUT2D eigenvalue weighted by atomic mass is 35.5. The number of anilines is 1. The number of nitrogens with one attached hydrogen (secondary N) is 2. The van der Waals surface area contributed by atoms with E-state index in [0.717, 1.165) is 5.56 Å². The smallest absolute Gasteiger partial charge is 0.352 e. The number of fused-ring (bicyclic) bond motifs is 1. The van der Waals surface area contributed by atoms with Gasteiger partial charge in [0.25, 0.3) is 5.91 Å². The Hall–Kier alpha value is -2.51. The maximum atomic E-state index is 12.7. The van der Waals surface area contributed by atoms with Gasteiger partial charge in [0.1, 0.15) is 5.69 Å². The van der Waals surface area contributed by atoms with E-state index >= 15 is 0 Å². The Morgan fingerprint density at radius 3 is 2.54 bits per heavy atom. The van der Waals surface area contributed by atoms with Crippen molar-refractivity contribution in [3.8, 4) is 0 Å². The normalized spacial score (nSPS) is 10.4. The predicted molar refractivity (Wildman–Crippen MR) is 115 cm³/mol. The Balaban J connectivity index is 0.00000280. The number of carbonyl (C=O) groups excluding carboxylic acids is 1. The summed E-state index contributed by atoms with van der Waals surface area (Å²) < 4.78 is 0. The summed E-state index contributed by atoms with van der Waals surface area (Å²) in [5.41, 5.74) is 7.22. The molecule has 3 rings (SSSR count). The summed E-state index contributed by atoms with van der Waals surface area (Å²) in [6, 6.07) is 10.1. The molecule has 0 saturated carbocycles. The molecule has 28 heavy (non-hydrogen) atoms. The standard InChI is InChI=1S/C19H15Cl2N3O3.ClH/c1-9(18(25)24-13-5-3-2-4-10(13)8-22)15-16-12(21)6-11(20)7-14(16)23-17(15)19(26)27;/h2-7,23H,1,8,22H2,(H,24,25)(H,26,27);1H. The lowest BCUT2D eigenvalue weighted by atomic mass is 10.0. The highest BCUT2D eigenvalue weighted by molar-refractivity contribution is 6.40. The highest BCUT2D eigenvalue weighted by Crippen LogP contribution is 2.36. The molecule has 0 unspecified atom stereocenters. The Kier molecular flexibility index (Phi) is 6.74. The van der Waals surface area contributed by atoms with Gasteiger partial charge >= 0.3 is 5.97 Å². The molecule has 1 aromatic heterocycles. The first-order valence-electron chi connectivity index (χ1n) is 7.86. The van der Waals surface area contributed by atoms with Crippen molar-refractivity contribution in [3.63, 3.8) is 0 Å². The molecule has 146 valence electrons. The van der Waals surface area contributed by atoms with Crippen molar-refractivity contribution in [2.75, 3.05) is 5.32 Å². The molecule has 0 spiro atoms. The molecule has 9 heteroatoms. The molecule has 3 aromatic rings. The Bertz CT molecular complexity index is 1090. The van der Waals surface area contributed by atoms with E-state index in [2.05, 4.69) is 16.9 Å². The lowest BCUT2D eigenvalue weighted by molar-refractivity contribution is -0.111. The average molecular weight is 441 g/mol. The number of carbonyl (C=O) groups is 2. The Morgan fingerprint density at radius 1 is 1.21 bits per heavy atom. The minimum Gasteiger partial charge on any atom is -0.477 e. The van der Waals surface area contributed by atoms with Gasteiger partial charge in [-0.2, -0.15) is 0 Å². The summed E-state index contributed by atoms with van der Waals surface area (Å²) in [6.45, 7) is 4.02. The van der Waals surface area contributed by atoms with Crippen LogP contribution in [0, 0.1) is 0 Å². The van der Waals surface area contributed by atoms with E-state index in [1.54, 1.807) is 24.3 Å². The number of carboxylic acid groups (broad SMARTS) is 1. The lowest BCUT2D eigenvalue weighted by Gasteiger charge is -2.12. The maximum absolute atomic E-state index is 12.7.